The highest BCUT2D eigenvalue weighted by Crippen LogP contribution is 2.34. The number of nitro benzene ring substituents is 1. The molecule has 0 atom stereocenters. The van der Waals surface area contributed by atoms with E-state index in [1.807, 2.05) is 24.3 Å². The molecule has 29 heavy (non-hydrogen) atoms. The van der Waals surface area contributed by atoms with Crippen molar-refractivity contribution in [1.29, 1.82) is 0 Å². The normalized spacial score (nSPS) is 10.4. The van der Waals surface area contributed by atoms with E-state index in [0.717, 1.165) is 11.3 Å². The van der Waals surface area contributed by atoms with Crippen molar-refractivity contribution in [2.45, 2.75) is 13.5 Å². The molecule has 0 bridgehead atoms. The Balaban J connectivity index is 1.88. The van der Waals surface area contributed by atoms with Crippen LogP contribution in [-0.4, -0.2) is 34.3 Å². The monoisotopic (exact) mass is 396 g/mol. The number of carbonyl (C=O) groups is 1. The van der Waals surface area contributed by atoms with Crippen molar-refractivity contribution < 1.29 is 19.2 Å². The Bertz CT molecular complexity index is 1020. The maximum absolute atomic E-state index is 12.8. The molecular weight excluding hydrogens is 376 g/mol. The lowest BCUT2D eigenvalue weighted by molar-refractivity contribution is -0.385. The number of methoxy groups -OCH3 is 1. The van der Waals surface area contributed by atoms with Gasteiger partial charge in [0.05, 0.1) is 30.4 Å². The van der Waals surface area contributed by atoms with Crippen LogP contribution in [0.2, 0.25) is 0 Å². The van der Waals surface area contributed by atoms with Gasteiger partial charge in [0.15, 0.2) is 11.5 Å². The number of benzene rings is 2. The molecular formula is C20H20N4O5. The molecule has 0 aliphatic carbocycles. The predicted molar refractivity (Wildman–Crippen MR) is 106 cm³/mol. The van der Waals surface area contributed by atoms with E-state index in [0.29, 0.717) is 6.61 Å². The molecule has 150 valence electrons. The molecule has 1 aromatic heterocycles. The molecule has 0 aliphatic heterocycles. The number of hydrogen-bond donors (Lipinski definition) is 1. The summed E-state index contributed by atoms with van der Waals surface area (Å²) in [4.78, 5) is 23.6. The molecule has 0 saturated carbocycles. The fourth-order valence-electron chi connectivity index (χ4n) is 2.88. The molecule has 0 radical (unpaired) electrons. The number of rotatable bonds is 8. The van der Waals surface area contributed by atoms with Crippen molar-refractivity contribution in [2.75, 3.05) is 13.7 Å². The fourth-order valence-corrected chi connectivity index (χ4v) is 2.88. The van der Waals surface area contributed by atoms with Gasteiger partial charge in [0, 0.05) is 25.0 Å². The van der Waals surface area contributed by atoms with Gasteiger partial charge in [-0.05, 0) is 24.6 Å². The third-order valence-electron chi connectivity index (χ3n) is 4.21. The lowest BCUT2D eigenvalue weighted by atomic mass is 10.1. The molecule has 1 amide bonds. The minimum absolute atomic E-state index is 0.101. The summed E-state index contributed by atoms with van der Waals surface area (Å²) in [6.45, 7) is 2.27. The first-order valence-electron chi connectivity index (χ1n) is 8.90. The zero-order valence-electron chi connectivity index (χ0n) is 16.0. The third-order valence-corrected chi connectivity index (χ3v) is 4.21. The van der Waals surface area contributed by atoms with E-state index in [9.17, 15) is 14.9 Å². The number of nitrogens with zero attached hydrogens (tertiary/aromatic N) is 3. The third kappa shape index (κ3) is 4.34. The van der Waals surface area contributed by atoms with Gasteiger partial charge < -0.3 is 14.8 Å². The number of ether oxygens (including phenoxy) is 2. The van der Waals surface area contributed by atoms with Crippen molar-refractivity contribution in [1.82, 2.24) is 15.1 Å². The summed E-state index contributed by atoms with van der Waals surface area (Å²) in [6.07, 6.45) is 3.45. The van der Waals surface area contributed by atoms with Gasteiger partial charge in [-0.3, -0.25) is 14.9 Å². The highest BCUT2D eigenvalue weighted by atomic mass is 16.6. The van der Waals surface area contributed by atoms with Crippen molar-refractivity contribution in [2.24, 2.45) is 0 Å². The molecule has 2 aromatic carbocycles. The van der Waals surface area contributed by atoms with Crippen molar-refractivity contribution in [3.8, 4) is 17.2 Å². The topological polar surface area (TPSA) is 109 Å². The molecule has 0 unspecified atom stereocenters. The minimum Gasteiger partial charge on any atom is -0.493 e. The van der Waals surface area contributed by atoms with Crippen LogP contribution in [0.1, 0.15) is 22.8 Å². The highest BCUT2D eigenvalue weighted by molar-refractivity contribution is 5.99. The summed E-state index contributed by atoms with van der Waals surface area (Å²) in [7, 11) is 1.38. The van der Waals surface area contributed by atoms with Crippen molar-refractivity contribution >= 4 is 11.6 Å². The smallest absolute Gasteiger partial charge is 0.286 e. The number of aromatic nitrogens is 2. The van der Waals surface area contributed by atoms with Gasteiger partial charge in [-0.25, -0.2) is 4.68 Å². The second-order valence-corrected chi connectivity index (χ2v) is 5.97. The maximum atomic E-state index is 12.8. The van der Waals surface area contributed by atoms with Gasteiger partial charge in [0.1, 0.15) is 5.56 Å². The molecule has 3 aromatic rings. The second-order valence-electron chi connectivity index (χ2n) is 5.97. The zero-order valence-corrected chi connectivity index (χ0v) is 16.0. The largest absolute Gasteiger partial charge is 0.493 e. The number of nitro groups is 1. The van der Waals surface area contributed by atoms with Gasteiger partial charge in [-0.15, -0.1) is 0 Å². The predicted octanol–water partition coefficient (Wildman–Crippen LogP) is 3.12. The van der Waals surface area contributed by atoms with Crippen molar-refractivity contribution in [3.05, 3.63) is 76.1 Å². The summed E-state index contributed by atoms with van der Waals surface area (Å²) >= 11 is 0. The van der Waals surface area contributed by atoms with Gasteiger partial charge in [-0.2, -0.15) is 5.10 Å². The Kier molecular flexibility index (Phi) is 6.08. The Morgan fingerprint density at radius 1 is 1.24 bits per heavy atom. The van der Waals surface area contributed by atoms with E-state index in [1.54, 1.807) is 30.1 Å². The van der Waals surface area contributed by atoms with Gasteiger partial charge >= 0.3 is 0 Å². The molecule has 0 aliphatic rings. The van der Waals surface area contributed by atoms with Crippen LogP contribution >= 0.6 is 0 Å². The number of carbonyl (C=O) groups excluding carboxylic acids is 1. The van der Waals surface area contributed by atoms with Crippen LogP contribution < -0.4 is 14.8 Å². The molecule has 0 saturated heterocycles. The number of para-hydroxylation sites is 1. The quantitative estimate of drug-likeness (QED) is 0.463. The molecule has 1 heterocycles. The van der Waals surface area contributed by atoms with E-state index in [-0.39, 0.29) is 29.3 Å². The number of amides is 1. The SMILES string of the molecule is CCOc1cc(C(=O)NCc2ccccc2-n2cccn2)c([N+](=O)[O-])cc1OC. The average Bonchev–Trinajstić information content (AvgIpc) is 3.26. The molecule has 1 N–H and O–H groups in total. The lowest BCUT2D eigenvalue weighted by Gasteiger charge is -2.13. The Morgan fingerprint density at radius 2 is 2.03 bits per heavy atom. The second kappa shape index (κ2) is 8.87. The summed E-state index contributed by atoms with van der Waals surface area (Å²) in [5.41, 5.74) is 1.15. The molecule has 0 spiro atoms. The Hall–Kier alpha value is -3.88. The van der Waals surface area contributed by atoms with Gasteiger partial charge in [0.25, 0.3) is 11.6 Å². The van der Waals surface area contributed by atoms with Crippen LogP contribution in [0, 0.1) is 10.1 Å². The number of hydrogen-bond acceptors (Lipinski definition) is 6. The maximum Gasteiger partial charge on any atom is 0.286 e. The van der Waals surface area contributed by atoms with E-state index in [1.165, 1.54) is 19.2 Å². The minimum atomic E-state index is -0.620. The van der Waals surface area contributed by atoms with Gasteiger partial charge in [-0.1, -0.05) is 18.2 Å². The fraction of sp³-hybridized carbons (Fsp3) is 0.200. The van der Waals surface area contributed by atoms with E-state index in [4.69, 9.17) is 9.47 Å². The van der Waals surface area contributed by atoms with Crippen molar-refractivity contribution in [3.63, 3.8) is 0 Å². The van der Waals surface area contributed by atoms with Crippen LogP contribution in [0.5, 0.6) is 11.5 Å². The summed E-state index contributed by atoms with van der Waals surface area (Å²) in [5, 5.41) is 18.4. The van der Waals surface area contributed by atoms with Crippen LogP contribution in [0.25, 0.3) is 5.69 Å². The number of nitrogens with one attached hydrogen (secondary N) is 1. The Labute approximate surface area is 167 Å². The molecule has 9 heteroatoms. The molecule has 0 fully saturated rings. The zero-order chi connectivity index (χ0) is 20.8. The van der Waals surface area contributed by atoms with Crippen LogP contribution in [0.4, 0.5) is 5.69 Å². The van der Waals surface area contributed by atoms with E-state index < -0.39 is 10.8 Å². The summed E-state index contributed by atoms with van der Waals surface area (Å²) in [6, 6.07) is 11.8. The van der Waals surface area contributed by atoms with Gasteiger partial charge in [0.2, 0.25) is 0 Å². The summed E-state index contributed by atoms with van der Waals surface area (Å²) < 4.78 is 12.3. The summed E-state index contributed by atoms with van der Waals surface area (Å²) in [5.74, 6) is -0.127. The standard InChI is InChI=1S/C20H20N4O5/c1-3-29-19-11-15(17(24(26)27)12-18(19)28-2)20(25)21-13-14-7-4-5-8-16(14)23-10-6-9-22-23/h4-12H,3,13H2,1-2H3,(H,21,25). The van der Waals surface area contributed by atoms with Crippen LogP contribution in [-0.2, 0) is 6.54 Å². The first kappa shape index (κ1) is 19.9. The molecule has 9 nitrogen and oxygen atoms in total. The first-order chi connectivity index (χ1) is 14.0. The molecule has 3 rings (SSSR count). The highest BCUT2D eigenvalue weighted by Gasteiger charge is 2.24. The van der Waals surface area contributed by atoms with Crippen LogP contribution in [0.3, 0.4) is 0 Å². The lowest BCUT2D eigenvalue weighted by Crippen LogP contribution is -2.24. The van der Waals surface area contributed by atoms with Crippen LogP contribution in [0.15, 0.2) is 54.9 Å². The van der Waals surface area contributed by atoms with E-state index >= 15 is 0 Å². The van der Waals surface area contributed by atoms with E-state index in [2.05, 4.69) is 10.4 Å². The first-order valence-corrected chi connectivity index (χ1v) is 8.90. The average molecular weight is 396 g/mol. The Morgan fingerprint density at radius 3 is 2.69 bits per heavy atom.